The topological polar surface area (TPSA) is 59.3 Å². The molecule has 24 heavy (non-hydrogen) atoms. The molecular formula is C18H19FN4O. The zero-order chi connectivity index (χ0) is 16.9. The Hall–Kier alpha value is -2.76. The van der Waals surface area contributed by atoms with Crippen LogP contribution in [-0.2, 0) is 0 Å². The summed E-state index contributed by atoms with van der Waals surface area (Å²) in [5.41, 5.74) is 2.49. The molecule has 0 aliphatic heterocycles. The number of carbonyl (C=O) groups is 1. The summed E-state index contributed by atoms with van der Waals surface area (Å²) in [6.45, 7) is 2.76. The first kappa shape index (κ1) is 16.1. The predicted molar refractivity (Wildman–Crippen MR) is 90.2 cm³/mol. The molecule has 0 aliphatic rings. The van der Waals surface area contributed by atoms with Crippen molar-refractivity contribution in [1.29, 1.82) is 0 Å². The molecule has 2 heterocycles. The molecule has 1 N–H and O–H groups in total. The van der Waals surface area contributed by atoms with Crippen molar-refractivity contribution >= 4 is 11.6 Å². The van der Waals surface area contributed by atoms with E-state index in [4.69, 9.17) is 0 Å². The van der Waals surface area contributed by atoms with E-state index < -0.39 is 0 Å². The molecule has 0 aliphatic carbocycles. The highest BCUT2D eigenvalue weighted by Crippen LogP contribution is 2.21. The fourth-order valence-corrected chi connectivity index (χ4v) is 2.56. The van der Waals surface area contributed by atoms with Crippen molar-refractivity contribution in [3.63, 3.8) is 0 Å². The van der Waals surface area contributed by atoms with E-state index >= 15 is 0 Å². The van der Waals surface area contributed by atoms with E-state index in [0.29, 0.717) is 17.8 Å². The van der Waals surface area contributed by atoms with Gasteiger partial charge in [-0.1, -0.05) is 19.8 Å². The Labute approximate surface area is 139 Å². The highest BCUT2D eigenvalue weighted by molar-refractivity contribution is 5.99. The quantitative estimate of drug-likeness (QED) is 0.706. The molecule has 6 heteroatoms. The lowest BCUT2D eigenvalue weighted by Gasteiger charge is -2.06. The maximum atomic E-state index is 13.1. The van der Waals surface area contributed by atoms with E-state index in [0.717, 1.165) is 30.5 Å². The Bertz CT molecular complexity index is 842. The molecule has 1 amide bonds. The van der Waals surface area contributed by atoms with E-state index in [1.807, 2.05) is 0 Å². The highest BCUT2D eigenvalue weighted by atomic mass is 19.1. The van der Waals surface area contributed by atoms with Crippen molar-refractivity contribution in [1.82, 2.24) is 19.9 Å². The summed E-state index contributed by atoms with van der Waals surface area (Å²) in [6, 6.07) is 7.93. The number of aromatic nitrogens is 3. The van der Waals surface area contributed by atoms with E-state index in [9.17, 15) is 9.18 Å². The Morgan fingerprint density at radius 1 is 1.21 bits per heavy atom. The van der Waals surface area contributed by atoms with Crippen LogP contribution in [-0.4, -0.2) is 27.0 Å². The molecule has 0 fully saturated rings. The second-order valence-corrected chi connectivity index (χ2v) is 5.59. The van der Waals surface area contributed by atoms with Crippen LogP contribution in [0.3, 0.4) is 0 Å². The second-order valence-electron chi connectivity index (χ2n) is 5.59. The van der Waals surface area contributed by atoms with Gasteiger partial charge >= 0.3 is 0 Å². The van der Waals surface area contributed by atoms with Crippen LogP contribution < -0.4 is 5.32 Å². The summed E-state index contributed by atoms with van der Waals surface area (Å²) in [5.74, 6) is -0.471. The zero-order valence-corrected chi connectivity index (χ0v) is 13.5. The standard InChI is InChI=1S/C18H19FN4O/c1-2-3-4-10-21-18(24)15-12-22-23-16(9-11-20-17(15)23)13-5-7-14(19)8-6-13/h5-9,11-12H,2-4,10H2,1H3,(H,21,24). The van der Waals surface area contributed by atoms with Gasteiger partial charge in [0, 0.05) is 18.3 Å². The van der Waals surface area contributed by atoms with Crippen LogP contribution in [0.1, 0.15) is 36.5 Å². The highest BCUT2D eigenvalue weighted by Gasteiger charge is 2.15. The molecule has 0 saturated heterocycles. The van der Waals surface area contributed by atoms with Gasteiger partial charge in [-0.2, -0.15) is 5.10 Å². The van der Waals surface area contributed by atoms with Gasteiger partial charge < -0.3 is 5.32 Å². The largest absolute Gasteiger partial charge is 0.352 e. The third-order valence-electron chi connectivity index (χ3n) is 3.85. The number of amides is 1. The number of nitrogens with zero attached hydrogens (tertiary/aromatic N) is 3. The molecule has 0 radical (unpaired) electrons. The summed E-state index contributed by atoms with van der Waals surface area (Å²) < 4.78 is 14.7. The molecule has 3 aromatic rings. The molecule has 124 valence electrons. The van der Waals surface area contributed by atoms with Crippen LogP contribution in [0.25, 0.3) is 16.9 Å². The van der Waals surface area contributed by atoms with Gasteiger partial charge in [-0.3, -0.25) is 4.79 Å². The zero-order valence-electron chi connectivity index (χ0n) is 13.5. The third-order valence-corrected chi connectivity index (χ3v) is 3.85. The number of hydrogen-bond donors (Lipinski definition) is 1. The average molecular weight is 326 g/mol. The first-order valence-electron chi connectivity index (χ1n) is 8.07. The van der Waals surface area contributed by atoms with Crippen LogP contribution in [0.2, 0.25) is 0 Å². The van der Waals surface area contributed by atoms with E-state index in [-0.39, 0.29) is 11.7 Å². The van der Waals surface area contributed by atoms with Crippen molar-refractivity contribution < 1.29 is 9.18 Å². The van der Waals surface area contributed by atoms with Gasteiger partial charge in [-0.25, -0.2) is 13.9 Å². The monoisotopic (exact) mass is 326 g/mol. The van der Waals surface area contributed by atoms with Gasteiger partial charge in [-0.15, -0.1) is 0 Å². The number of nitrogens with one attached hydrogen (secondary N) is 1. The minimum Gasteiger partial charge on any atom is -0.352 e. The van der Waals surface area contributed by atoms with Crippen LogP contribution in [0.15, 0.2) is 42.7 Å². The van der Waals surface area contributed by atoms with Crippen molar-refractivity contribution in [3.05, 3.63) is 54.1 Å². The maximum absolute atomic E-state index is 13.1. The molecule has 0 unspecified atom stereocenters. The Balaban J connectivity index is 1.89. The van der Waals surface area contributed by atoms with Crippen LogP contribution in [0, 0.1) is 5.82 Å². The van der Waals surface area contributed by atoms with Gasteiger partial charge in [0.1, 0.15) is 11.4 Å². The smallest absolute Gasteiger partial charge is 0.256 e. The van der Waals surface area contributed by atoms with Crippen LogP contribution >= 0.6 is 0 Å². The number of unbranched alkanes of at least 4 members (excludes halogenated alkanes) is 2. The fraction of sp³-hybridized carbons (Fsp3) is 0.278. The number of hydrogen-bond acceptors (Lipinski definition) is 3. The van der Waals surface area contributed by atoms with Gasteiger partial charge in [-0.05, 0) is 36.8 Å². The first-order valence-corrected chi connectivity index (χ1v) is 8.07. The molecule has 3 rings (SSSR count). The lowest BCUT2D eigenvalue weighted by atomic mass is 10.1. The number of halogens is 1. The summed E-state index contributed by atoms with van der Waals surface area (Å²) >= 11 is 0. The van der Waals surface area contributed by atoms with Crippen LogP contribution in [0.5, 0.6) is 0 Å². The summed E-state index contributed by atoms with van der Waals surface area (Å²) in [5, 5.41) is 7.18. The van der Waals surface area contributed by atoms with E-state index in [1.54, 1.807) is 28.9 Å². The number of fused-ring (bicyclic) bond motifs is 1. The van der Waals surface area contributed by atoms with Gasteiger partial charge in [0.15, 0.2) is 5.65 Å². The first-order chi connectivity index (χ1) is 11.7. The van der Waals surface area contributed by atoms with Crippen LogP contribution in [0.4, 0.5) is 4.39 Å². The van der Waals surface area contributed by atoms with Gasteiger partial charge in [0.2, 0.25) is 0 Å². The predicted octanol–water partition coefficient (Wildman–Crippen LogP) is 3.46. The summed E-state index contributed by atoms with van der Waals surface area (Å²) in [7, 11) is 0. The Kier molecular flexibility index (Phi) is 4.84. The SMILES string of the molecule is CCCCCNC(=O)c1cnn2c(-c3ccc(F)cc3)ccnc12. The third kappa shape index (κ3) is 3.27. The minimum atomic E-state index is -0.295. The molecule has 5 nitrogen and oxygen atoms in total. The summed E-state index contributed by atoms with van der Waals surface area (Å²) in [6.07, 6.45) is 6.29. The average Bonchev–Trinajstić information content (AvgIpc) is 3.03. The Morgan fingerprint density at radius 3 is 2.75 bits per heavy atom. The Morgan fingerprint density at radius 2 is 2.00 bits per heavy atom. The summed E-state index contributed by atoms with van der Waals surface area (Å²) in [4.78, 5) is 16.6. The van der Waals surface area contributed by atoms with Gasteiger partial charge in [0.25, 0.3) is 5.91 Å². The number of carbonyl (C=O) groups excluding carboxylic acids is 1. The molecule has 2 aromatic heterocycles. The van der Waals surface area contributed by atoms with E-state index in [2.05, 4.69) is 22.3 Å². The lowest BCUT2D eigenvalue weighted by molar-refractivity contribution is 0.0954. The molecule has 1 aromatic carbocycles. The maximum Gasteiger partial charge on any atom is 0.256 e. The van der Waals surface area contributed by atoms with E-state index in [1.165, 1.54) is 18.3 Å². The molecular weight excluding hydrogens is 307 g/mol. The van der Waals surface area contributed by atoms with Crippen molar-refractivity contribution in [2.75, 3.05) is 6.54 Å². The van der Waals surface area contributed by atoms with Gasteiger partial charge in [0.05, 0.1) is 11.9 Å². The number of rotatable bonds is 6. The molecule has 0 spiro atoms. The second kappa shape index (κ2) is 7.21. The van der Waals surface area contributed by atoms with Crippen molar-refractivity contribution in [2.24, 2.45) is 0 Å². The van der Waals surface area contributed by atoms with Crippen molar-refractivity contribution in [2.45, 2.75) is 26.2 Å². The fourth-order valence-electron chi connectivity index (χ4n) is 2.56. The lowest BCUT2D eigenvalue weighted by Crippen LogP contribution is -2.24. The van der Waals surface area contributed by atoms with Crippen molar-refractivity contribution in [3.8, 4) is 11.3 Å². The molecule has 0 saturated carbocycles. The molecule has 0 bridgehead atoms. The normalized spacial score (nSPS) is 10.9. The minimum absolute atomic E-state index is 0.176. The number of benzene rings is 1. The molecule has 0 atom stereocenters.